The van der Waals surface area contributed by atoms with Gasteiger partial charge in [0, 0.05) is 43.8 Å². The number of anilines is 1. The van der Waals surface area contributed by atoms with E-state index >= 15 is 0 Å². The minimum Gasteiger partial charge on any atom is -0.366 e. The summed E-state index contributed by atoms with van der Waals surface area (Å²) >= 11 is 0. The lowest BCUT2D eigenvalue weighted by molar-refractivity contribution is -0.133. The molecule has 3 fully saturated rings. The van der Waals surface area contributed by atoms with Crippen molar-refractivity contribution in [2.75, 3.05) is 18.4 Å². The van der Waals surface area contributed by atoms with Gasteiger partial charge in [-0.25, -0.2) is 0 Å². The summed E-state index contributed by atoms with van der Waals surface area (Å²) in [4.78, 5) is 14.7. The van der Waals surface area contributed by atoms with Crippen LogP contribution in [-0.2, 0) is 4.79 Å². The number of rotatable bonds is 4. The molecule has 4 rings (SSSR count). The third-order valence-electron chi connectivity index (χ3n) is 5.81. The van der Waals surface area contributed by atoms with Gasteiger partial charge in [-0.2, -0.15) is 5.10 Å². The van der Waals surface area contributed by atoms with Gasteiger partial charge < -0.3 is 15.5 Å². The molecule has 0 aliphatic carbocycles. The molecule has 0 radical (unpaired) electrons. The molecule has 4 heterocycles. The minimum atomic E-state index is 0.360. The van der Waals surface area contributed by atoms with Gasteiger partial charge >= 0.3 is 0 Å². The predicted molar refractivity (Wildman–Crippen MR) is 92.5 cm³/mol. The minimum absolute atomic E-state index is 0.360. The van der Waals surface area contributed by atoms with Gasteiger partial charge in [-0.05, 0) is 56.6 Å². The van der Waals surface area contributed by atoms with Crippen LogP contribution in [0.2, 0.25) is 0 Å². The molecule has 130 valence electrons. The Bertz CT molecular complexity index is 546. The number of amides is 1. The molecule has 3 aliphatic rings. The van der Waals surface area contributed by atoms with Gasteiger partial charge in [0.15, 0.2) is 0 Å². The van der Waals surface area contributed by atoms with Crippen molar-refractivity contribution in [3.63, 3.8) is 0 Å². The molecule has 2 atom stereocenters. The number of piperidine rings is 2. The highest BCUT2D eigenvalue weighted by atomic mass is 16.2. The van der Waals surface area contributed by atoms with Gasteiger partial charge in [-0.1, -0.05) is 0 Å². The average Bonchev–Trinajstić information content (AvgIpc) is 2.95. The maximum atomic E-state index is 12.6. The van der Waals surface area contributed by atoms with Crippen molar-refractivity contribution in [1.82, 2.24) is 20.4 Å². The highest BCUT2D eigenvalue weighted by Crippen LogP contribution is 2.33. The lowest BCUT2D eigenvalue weighted by Crippen LogP contribution is -2.44. The number of hydrogen-bond acceptors (Lipinski definition) is 5. The van der Waals surface area contributed by atoms with Crippen LogP contribution in [0.4, 0.5) is 5.82 Å². The Morgan fingerprint density at radius 2 is 1.96 bits per heavy atom. The van der Waals surface area contributed by atoms with Crippen LogP contribution in [0.1, 0.15) is 44.9 Å². The van der Waals surface area contributed by atoms with Crippen molar-refractivity contribution in [2.24, 2.45) is 5.92 Å². The first-order valence-electron chi connectivity index (χ1n) is 9.34. The van der Waals surface area contributed by atoms with Crippen molar-refractivity contribution in [1.29, 1.82) is 0 Å². The quantitative estimate of drug-likeness (QED) is 0.881. The largest absolute Gasteiger partial charge is 0.366 e. The van der Waals surface area contributed by atoms with Gasteiger partial charge in [0.25, 0.3) is 0 Å². The number of carbonyl (C=O) groups excluding carboxylic acids is 1. The lowest BCUT2D eigenvalue weighted by atomic mass is 9.89. The summed E-state index contributed by atoms with van der Waals surface area (Å²) in [7, 11) is 0. The van der Waals surface area contributed by atoms with E-state index < -0.39 is 0 Å². The molecule has 0 spiro atoms. The zero-order valence-electron chi connectivity index (χ0n) is 14.2. The van der Waals surface area contributed by atoms with E-state index in [4.69, 9.17) is 0 Å². The Hall–Kier alpha value is -1.69. The fraction of sp³-hybridized carbons (Fsp3) is 0.722. The normalized spacial score (nSPS) is 30.3. The molecule has 1 amide bonds. The molecule has 1 aromatic rings. The number of aromatic nitrogens is 2. The highest BCUT2D eigenvalue weighted by molar-refractivity contribution is 5.76. The standard InChI is InChI=1S/C18H27N5O/c24-18(12-13-10-15-3-4-16(11-13)20-15)23-8-5-14(6-9-23)21-17-2-1-7-19-22-17/h1-2,7,13-16,20H,3-6,8-12H2,(H,21,22). The summed E-state index contributed by atoms with van der Waals surface area (Å²) in [6, 6.07) is 5.56. The number of carbonyl (C=O) groups is 1. The van der Waals surface area contributed by atoms with Crippen LogP contribution in [0.3, 0.4) is 0 Å². The molecule has 0 saturated carbocycles. The summed E-state index contributed by atoms with van der Waals surface area (Å²) in [5.41, 5.74) is 0. The molecule has 6 nitrogen and oxygen atoms in total. The number of nitrogens with one attached hydrogen (secondary N) is 2. The summed E-state index contributed by atoms with van der Waals surface area (Å²) < 4.78 is 0. The van der Waals surface area contributed by atoms with Crippen LogP contribution in [0.15, 0.2) is 18.3 Å². The van der Waals surface area contributed by atoms with Gasteiger partial charge in [0.1, 0.15) is 5.82 Å². The Morgan fingerprint density at radius 3 is 2.62 bits per heavy atom. The summed E-state index contributed by atoms with van der Waals surface area (Å²) in [6.07, 6.45) is 9.37. The molecule has 6 heteroatoms. The fourth-order valence-corrected chi connectivity index (χ4v) is 4.58. The zero-order valence-corrected chi connectivity index (χ0v) is 14.2. The third kappa shape index (κ3) is 3.69. The third-order valence-corrected chi connectivity index (χ3v) is 5.81. The number of nitrogens with zero attached hydrogens (tertiary/aromatic N) is 3. The molecular formula is C18H27N5O. The van der Waals surface area contributed by atoms with Crippen LogP contribution >= 0.6 is 0 Å². The Balaban J connectivity index is 1.23. The van der Waals surface area contributed by atoms with E-state index in [1.165, 1.54) is 25.7 Å². The molecule has 1 aromatic heterocycles. The van der Waals surface area contributed by atoms with Gasteiger partial charge in [0.05, 0.1) is 0 Å². The van der Waals surface area contributed by atoms with E-state index in [0.29, 0.717) is 30.0 Å². The second kappa shape index (κ2) is 7.05. The van der Waals surface area contributed by atoms with Crippen molar-refractivity contribution in [2.45, 2.75) is 63.1 Å². The topological polar surface area (TPSA) is 70.2 Å². The summed E-state index contributed by atoms with van der Waals surface area (Å²) in [5, 5.41) is 15.0. The van der Waals surface area contributed by atoms with E-state index in [1.807, 2.05) is 12.1 Å². The van der Waals surface area contributed by atoms with Crippen molar-refractivity contribution >= 4 is 11.7 Å². The average molecular weight is 329 g/mol. The molecule has 3 saturated heterocycles. The predicted octanol–water partition coefficient (Wildman–Crippen LogP) is 1.80. The molecule has 3 aliphatic heterocycles. The lowest BCUT2D eigenvalue weighted by Gasteiger charge is -2.35. The van der Waals surface area contributed by atoms with E-state index in [9.17, 15) is 4.79 Å². The van der Waals surface area contributed by atoms with E-state index in [0.717, 1.165) is 38.2 Å². The number of hydrogen-bond donors (Lipinski definition) is 2. The first-order chi connectivity index (χ1) is 11.8. The van der Waals surface area contributed by atoms with Crippen LogP contribution in [0.5, 0.6) is 0 Å². The van der Waals surface area contributed by atoms with Crippen molar-refractivity contribution < 1.29 is 4.79 Å². The molecule has 2 N–H and O–H groups in total. The van der Waals surface area contributed by atoms with Gasteiger partial charge in [-0.3, -0.25) is 4.79 Å². The van der Waals surface area contributed by atoms with Crippen molar-refractivity contribution in [3.8, 4) is 0 Å². The maximum Gasteiger partial charge on any atom is 0.222 e. The Kier molecular flexibility index (Phi) is 4.65. The smallest absolute Gasteiger partial charge is 0.222 e. The van der Waals surface area contributed by atoms with Crippen LogP contribution < -0.4 is 10.6 Å². The monoisotopic (exact) mass is 329 g/mol. The Labute approximate surface area is 143 Å². The van der Waals surface area contributed by atoms with Crippen molar-refractivity contribution in [3.05, 3.63) is 18.3 Å². The molecule has 24 heavy (non-hydrogen) atoms. The SMILES string of the molecule is O=C(CC1CC2CCC(C1)N2)N1CCC(Nc2cccnn2)CC1. The maximum absolute atomic E-state index is 12.6. The van der Waals surface area contributed by atoms with Gasteiger partial charge in [-0.15, -0.1) is 5.10 Å². The van der Waals surface area contributed by atoms with Crippen LogP contribution in [0.25, 0.3) is 0 Å². The van der Waals surface area contributed by atoms with E-state index in [-0.39, 0.29) is 0 Å². The van der Waals surface area contributed by atoms with Crippen LogP contribution in [-0.4, -0.2) is 52.2 Å². The first-order valence-corrected chi connectivity index (χ1v) is 9.34. The first kappa shape index (κ1) is 15.8. The second-order valence-corrected chi connectivity index (χ2v) is 7.59. The Morgan fingerprint density at radius 1 is 1.21 bits per heavy atom. The molecular weight excluding hydrogens is 302 g/mol. The summed E-state index contributed by atoms with van der Waals surface area (Å²) in [5.74, 6) is 1.78. The zero-order chi connectivity index (χ0) is 16.4. The molecule has 0 aromatic carbocycles. The van der Waals surface area contributed by atoms with E-state index in [1.54, 1.807) is 6.20 Å². The molecule has 2 bridgehead atoms. The van der Waals surface area contributed by atoms with E-state index in [2.05, 4.69) is 25.7 Å². The van der Waals surface area contributed by atoms with Crippen LogP contribution in [0, 0.1) is 5.92 Å². The van der Waals surface area contributed by atoms with Gasteiger partial charge in [0.2, 0.25) is 5.91 Å². The number of fused-ring (bicyclic) bond motifs is 2. The second-order valence-electron chi connectivity index (χ2n) is 7.59. The highest BCUT2D eigenvalue weighted by Gasteiger charge is 2.35. The number of likely N-dealkylation sites (tertiary alicyclic amines) is 1. The summed E-state index contributed by atoms with van der Waals surface area (Å²) in [6.45, 7) is 1.71. The molecule has 2 unspecified atom stereocenters. The fourth-order valence-electron chi connectivity index (χ4n) is 4.58.